The highest BCUT2D eigenvalue weighted by atomic mass is 16.5. The van der Waals surface area contributed by atoms with Crippen molar-refractivity contribution in [3.8, 4) is 11.5 Å². The molecule has 0 spiro atoms. The fraction of sp³-hybridized carbons (Fsp3) is 0.238. The molecule has 0 aliphatic carbocycles. The van der Waals surface area contributed by atoms with Gasteiger partial charge in [-0.05, 0) is 61.7 Å². The lowest BCUT2D eigenvalue weighted by Gasteiger charge is -2.13. The molecule has 0 saturated heterocycles. The summed E-state index contributed by atoms with van der Waals surface area (Å²) in [5.41, 5.74) is 10.8. The Morgan fingerprint density at radius 3 is 2.63 bits per heavy atom. The Hall–Kier alpha value is -3.28. The van der Waals surface area contributed by atoms with Crippen LogP contribution in [-0.4, -0.2) is 23.0 Å². The Bertz CT molecular complexity index is 976. The van der Waals surface area contributed by atoms with Gasteiger partial charge in [-0.1, -0.05) is 12.1 Å². The molecule has 0 amide bonds. The molecule has 2 N–H and O–H groups in total. The van der Waals surface area contributed by atoms with Gasteiger partial charge in [0.1, 0.15) is 18.1 Å². The molecule has 0 bridgehead atoms. The number of aromatic nitrogens is 2. The summed E-state index contributed by atoms with van der Waals surface area (Å²) in [7, 11) is 1.65. The predicted octanol–water partition coefficient (Wildman–Crippen LogP) is 3.86. The molecule has 1 aromatic heterocycles. The summed E-state index contributed by atoms with van der Waals surface area (Å²) in [6.45, 7) is 6.36. The largest absolute Gasteiger partial charge is 0.496 e. The van der Waals surface area contributed by atoms with Crippen molar-refractivity contribution in [2.75, 3.05) is 12.8 Å². The summed E-state index contributed by atoms with van der Waals surface area (Å²) >= 11 is 0. The van der Waals surface area contributed by atoms with Gasteiger partial charge in [-0.15, -0.1) is 0 Å². The third-order valence-corrected chi connectivity index (χ3v) is 4.20. The van der Waals surface area contributed by atoms with Gasteiger partial charge in [-0.3, -0.25) is 0 Å². The van der Waals surface area contributed by atoms with Crippen LogP contribution in [-0.2, 0) is 6.61 Å². The maximum Gasteiger partial charge on any atom is 0.221 e. The van der Waals surface area contributed by atoms with Crippen LogP contribution in [0.2, 0.25) is 0 Å². The molecule has 0 aliphatic heterocycles. The summed E-state index contributed by atoms with van der Waals surface area (Å²) < 4.78 is 13.0. The van der Waals surface area contributed by atoms with E-state index in [0.29, 0.717) is 12.6 Å². The summed E-state index contributed by atoms with van der Waals surface area (Å²) in [4.78, 5) is 4.13. The Kier molecular flexibility index (Phi) is 5.45. The molecule has 2 aromatic carbocycles. The van der Waals surface area contributed by atoms with Crippen molar-refractivity contribution in [3.63, 3.8) is 0 Å². The molecule has 0 unspecified atom stereocenters. The number of hydrogen-bond donors (Lipinski definition) is 1. The standard InChI is InChI=1S/C21H24N4O2/c1-14-5-6-15(2)20(9-14)27-13-18-10-17(7-8-19(18)26-4)11-23-25-12-16(3)24-21(25)22/h5-12H,13H2,1-4H3,(H2,22,24). The van der Waals surface area contributed by atoms with Gasteiger partial charge in [0.05, 0.1) is 25.2 Å². The van der Waals surface area contributed by atoms with E-state index in [2.05, 4.69) is 22.2 Å². The third kappa shape index (κ3) is 4.47. The van der Waals surface area contributed by atoms with Gasteiger partial charge < -0.3 is 15.2 Å². The average Bonchev–Trinajstić information content (AvgIpc) is 2.98. The average molecular weight is 364 g/mol. The van der Waals surface area contributed by atoms with Gasteiger partial charge in [0.2, 0.25) is 5.95 Å². The van der Waals surface area contributed by atoms with Gasteiger partial charge >= 0.3 is 0 Å². The molecule has 3 aromatic rings. The number of rotatable bonds is 6. The van der Waals surface area contributed by atoms with Crippen LogP contribution in [0.1, 0.15) is 27.9 Å². The van der Waals surface area contributed by atoms with Crippen molar-refractivity contribution in [2.24, 2.45) is 5.10 Å². The molecular formula is C21H24N4O2. The smallest absolute Gasteiger partial charge is 0.221 e. The molecule has 0 saturated carbocycles. The summed E-state index contributed by atoms with van der Waals surface area (Å²) in [6.07, 6.45) is 3.51. The van der Waals surface area contributed by atoms with Crippen molar-refractivity contribution >= 4 is 12.2 Å². The lowest BCUT2D eigenvalue weighted by molar-refractivity contribution is 0.294. The maximum atomic E-state index is 6.03. The number of methoxy groups -OCH3 is 1. The number of anilines is 1. The molecule has 140 valence electrons. The zero-order valence-electron chi connectivity index (χ0n) is 16.1. The van der Waals surface area contributed by atoms with Crippen molar-refractivity contribution in [1.29, 1.82) is 0 Å². The molecular weight excluding hydrogens is 340 g/mol. The van der Waals surface area contributed by atoms with Crippen LogP contribution >= 0.6 is 0 Å². The fourth-order valence-corrected chi connectivity index (χ4v) is 2.74. The van der Waals surface area contributed by atoms with Gasteiger partial charge in [-0.2, -0.15) is 5.10 Å². The van der Waals surface area contributed by atoms with Gasteiger partial charge in [0.15, 0.2) is 0 Å². The fourth-order valence-electron chi connectivity index (χ4n) is 2.74. The van der Waals surface area contributed by atoms with Gasteiger partial charge in [0, 0.05) is 5.56 Å². The van der Waals surface area contributed by atoms with E-state index in [-0.39, 0.29) is 0 Å². The zero-order valence-corrected chi connectivity index (χ0v) is 16.1. The predicted molar refractivity (Wildman–Crippen MR) is 108 cm³/mol. The molecule has 0 aliphatic rings. The zero-order chi connectivity index (χ0) is 19.4. The van der Waals surface area contributed by atoms with E-state index in [1.54, 1.807) is 24.2 Å². The number of nitrogens with two attached hydrogens (primary N) is 1. The first-order chi connectivity index (χ1) is 13.0. The van der Waals surface area contributed by atoms with E-state index in [1.165, 1.54) is 0 Å². The van der Waals surface area contributed by atoms with Crippen LogP contribution in [0.4, 0.5) is 5.95 Å². The highest BCUT2D eigenvalue weighted by molar-refractivity contribution is 5.80. The van der Waals surface area contributed by atoms with Gasteiger partial charge in [-0.25, -0.2) is 9.66 Å². The topological polar surface area (TPSA) is 74.7 Å². The lowest BCUT2D eigenvalue weighted by atomic mass is 10.1. The van der Waals surface area contributed by atoms with Crippen LogP contribution in [0.25, 0.3) is 0 Å². The van der Waals surface area contributed by atoms with Crippen molar-refractivity contribution in [2.45, 2.75) is 27.4 Å². The Morgan fingerprint density at radius 1 is 1.11 bits per heavy atom. The van der Waals surface area contributed by atoms with Crippen LogP contribution in [0.3, 0.4) is 0 Å². The van der Waals surface area contributed by atoms with Crippen molar-refractivity contribution < 1.29 is 9.47 Å². The molecule has 0 radical (unpaired) electrons. The van der Waals surface area contributed by atoms with Crippen LogP contribution in [0.15, 0.2) is 47.7 Å². The second kappa shape index (κ2) is 7.95. The Morgan fingerprint density at radius 2 is 1.93 bits per heavy atom. The number of hydrogen-bond acceptors (Lipinski definition) is 5. The first-order valence-electron chi connectivity index (χ1n) is 8.69. The normalized spacial score (nSPS) is 11.1. The number of nitrogen functional groups attached to an aromatic ring is 1. The minimum Gasteiger partial charge on any atom is -0.496 e. The van der Waals surface area contributed by atoms with E-state index in [0.717, 1.165) is 39.4 Å². The van der Waals surface area contributed by atoms with Crippen molar-refractivity contribution in [1.82, 2.24) is 9.66 Å². The number of imidazole rings is 1. The highest BCUT2D eigenvalue weighted by Gasteiger charge is 2.07. The van der Waals surface area contributed by atoms with E-state index < -0.39 is 0 Å². The summed E-state index contributed by atoms with van der Waals surface area (Å²) in [5, 5.41) is 4.36. The van der Waals surface area contributed by atoms with E-state index in [4.69, 9.17) is 15.2 Å². The van der Waals surface area contributed by atoms with Crippen molar-refractivity contribution in [3.05, 3.63) is 70.5 Å². The van der Waals surface area contributed by atoms with E-state index in [9.17, 15) is 0 Å². The molecule has 0 atom stereocenters. The number of benzene rings is 2. The number of nitrogens with zero attached hydrogens (tertiary/aromatic N) is 3. The Balaban J connectivity index is 1.81. The molecule has 6 nitrogen and oxygen atoms in total. The third-order valence-electron chi connectivity index (χ3n) is 4.20. The SMILES string of the molecule is COc1ccc(C=Nn2cc(C)nc2N)cc1COc1cc(C)ccc1C. The minimum absolute atomic E-state index is 0.357. The molecule has 27 heavy (non-hydrogen) atoms. The Labute approximate surface area is 159 Å². The quantitative estimate of drug-likeness (QED) is 0.674. The number of aryl methyl sites for hydroxylation is 3. The molecule has 0 fully saturated rings. The van der Waals surface area contributed by atoms with Crippen LogP contribution < -0.4 is 15.2 Å². The summed E-state index contributed by atoms with van der Waals surface area (Å²) in [6, 6.07) is 12.0. The first-order valence-corrected chi connectivity index (χ1v) is 8.69. The minimum atomic E-state index is 0.357. The van der Waals surface area contributed by atoms with Crippen LogP contribution in [0.5, 0.6) is 11.5 Å². The van der Waals surface area contributed by atoms with E-state index in [1.807, 2.05) is 45.0 Å². The first kappa shape index (κ1) is 18.5. The van der Waals surface area contributed by atoms with Crippen LogP contribution in [0, 0.1) is 20.8 Å². The highest BCUT2D eigenvalue weighted by Crippen LogP contribution is 2.24. The monoisotopic (exact) mass is 364 g/mol. The second-order valence-corrected chi connectivity index (χ2v) is 6.46. The van der Waals surface area contributed by atoms with Gasteiger partial charge in [0.25, 0.3) is 0 Å². The molecule has 6 heteroatoms. The lowest BCUT2D eigenvalue weighted by Crippen LogP contribution is -2.02. The van der Waals surface area contributed by atoms with E-state index >= 15 is 0 Å². The maximum absolute atomic E-state index is 6.03. The number of ether oxygens (including phenoxy) is 2. The molecule has 1 heterocycles. The summed E-state index contributed by atoms with van der Waals surface area (Å²) in [5.74, 6) is 2.00. The second-order valence-electron chi connectivity index (χ2n) is 6.46. The molecule has 3 rings (SSSR count).